The molecule has 0 aliphatic heterocycles. The van der Waals surface area contributed by atoms with E-state index in [2.05, 4.69) is 20.3 Å². The number of carbonyl (C=O) groups is 1. The molecule has 8 nitrogen and oxygen atoms in total. The van der Waals surface area contributed by atoms with E-state index in [9.17, 15) is 4.79 Å². The summed E-state index contributed by atoms with van der Waals surface area (Å²) in [4.78, 5) is 24.9. The predicted molar refractivity (Wildman–Crippen MR) is 116 cm³/mol. The lowest BCUT2D eigenvalue weighted by Crippen LogP contribution is -2.14. The first kappa shape index (κ1) is 20.1. The highest BCUT2D eigenvalue weighted by Gasteiger charge is 2.07. The van der Waals surface area contributed by atoms with Gasteiger partial charge in [-0.3, -0.25) is 9.36 Å². The van der Waals surface area contributed by atoms with Crippen LogP contribution in [0.15, 0.2) is 73.3 Å². The van der Waals surface area contributed by atoms with Gasteiger partial charge in [0, 0.05) is 24.1 Å². The lowest BCUT2D eigenvalue weighted by Gasteiger charge is -2.09. The Balaban J connectivity index is 1.37. The number of carbonyl (C=O) groups excluding carboxylic acids is 1. The number of methoxy groups -OCH3 is 1. The number of rotatable bonds is 7. The summed E-state index contributed by atoms with van der Waals surface area (Å²) in [5, 5.41) is 2.88. The number of hydrogen-bond donors (Lipinski definition) is 1. The second kappa shape index (κ2) is 9.08. The number of benzene rings is 2. The molecule has 4 aromatic rings. The summed E-state index contributed by atoms with van der Waals surface area (Å²) in [6, 6.07) is 16.3. The topological polar surface area (TPSA) is 91.2 Å². The monoisotopic (exact) mass is 415 g/mol. The van der Waals surface area contributed by atoms with Crippen LogP contribution in [0.1, 0.15) is 11.4 Å². The van der Waals surface area contributed by atoms with Gasteiger partial charge in [0.1, 0.15) is 29.5 Å². The van der Waals surface area contributed by atoms with Gasteiger partial charge in [0.25, 0.3) is 0 Å². The summed E-state index contributed by atoms with van der Waals surface area (Å²) in [6.07, 6.45) is 5.25. The minimum absolute atomic E-state index is 0.102. The van der Waals surface area contributed by atoms with Crippen molar-refractivity contribution in [2.24, 2.45) is 0 Å². The Morgan fingerprint density at radius 1 is 1.00 bits per heavy atom. The van der Waals surface area contributed by atoms with E-state index < -0.39 is 0 Å². The van der Waals surface area contributed by atoms with Crippen LogP contribution in [-0.2, 0) is 11.2 Å². The molecule has 31 heavy (non-hydrogen) atoms. The minimum Gasteiger partial charge on any atom is -0.497 e. The van der Waals surface area contributed by atoms with E-state index >= 15 is 0 Å². The minimum atomic E-state index is -0.102. The molecule has 0 saturated carbocycles. The molecule has 8 heteroatoms. The first-order valence-corrected chi connectivity index (χ1v) is 9.64. The summed E-state index contributed by atoms with van der Waals surface area (Å²) in [7, 11) is 1.61. The van der Waals surface area contributed by atoms with Crippen molar-refractivity contribution in [3.63, 3.8) is 0 Å². The number of ether oxygens (including phenoxy) is 2. The van der Waals surface area contributed by atoms with Crippen LogP contribution in [0.4, 0.5) is 5.69 Å². The SMILES string of the molecule is COc1ccc(CC(=O)Nc2ccc(Oc3cc(-n4ccnc4C)ncn3)cc2)cc1. The van der Waals surface area contributed by atoms with Crippen LogP contribution in [0.3, 0.4) is 0 Å². The number of aromatic nitrogens is 4. The molecule has 0 unspecified atom stereocenters. The second-order valence-corrected chi connectivity index (χ2v) is 6.76. The highest BCUT2D eigenvalue weighted by Crippen LogP contribution is 2.23. The number of imidazole rings is 1. The lowest BCUT2D eigenvalue weighted by molar-refractivity contribution is -0.115. The summed E-state index contributed by atoms with van der Waals surface area (Å²) >= 11 is 0. The van der Waals surface area contributed by atoms with E-state index in [0.717, 1.165) is 17.1 Å². The standard InChI is InChI=1S/C23H21N5O3/c1-16-24-11-12-28(16)21-14-23(26-15-25-21)31-20-9-5-18(6-10-20)27-22(29)13-17-3-7-19(30-2)8-4-17/h3-12,14-15H,13H2,1-2H3,(H,27,29). The second-order valence-electron chi connectivity index (χ2n) is 6.76. The molecular weight excluding hydrogens is 394 g/mol. The van der Waals surface area contributed by atoms with Crippen molar-refractivity contribution in [2.45, 2.75) is 13.3 Å². The quantitative estimate of drug-likeness (QED) is 0.491. The van der Waals surface area contributed by atoms with Crippen LogP contribution < -0.4 is 14.8 Å². The van der Waals surface area contributed by atoms with Gasteiger partial charge in [0.15, 0.2) is 0 Å². The molecular formula is C23H21N5O3. The van der Waals surface area contributed by atoms with Crippen LogP contribution >= 0.6 is 0 Å². The molecule has 0 bridgehead atoms. The highest BCUT2D eigenvalue weighted by molar-refractivity contribution is 5.92. The average Bonchev–Trinajstić information content (AvgIpc) is 3.22. The maximum absolute atomic E-state index is 12.3. The van der Waals surface area contributed by atoms with Gasteiger partial charge < -0.3 is 14.8 Å². The average molecular weight is 415 g/mol. The normalized spacial score (nSPS) is 10.5. The Morgan fingerprint density at radius 2 is 1.74 bits per heavy atom. The fourth-order valence-corrected chi connectivity index (χ4v) is 3.00. The van der Waals surface area contributed by atoms with E-state index in [0.29, 0.717) is 23.1 Å². The van der Waals surface area contributed by atoms with Crippen LogP contribution in [0, 0.1) is 6.92 Å². The Morgan fingerprint density at radius 3 is 2.42 bits per heavy atom. The fraction of sp³-hybridized carbons (Fsp3) is 0.130. The van der Waals surface area contributed by atoms with Gasteiger partial charge >= 0.3 is 0 Å². The predicted octanol–water partition coefficient (Wildman–Crippen LogP) is 3.95. The summed E-state index contributed by atoms with van der Waals surface area (Å²) in [6.45, 7) is 1.89. The highest BCUT2D eigenvalue weighted by atomic mass is 16.5. The third-order valence-corrected chi connectivity index (χ3v) is 4.58. The first-order valence-electron chi connectivity index (χ1n) is 9.64. The molecule has 0 spiro atoms. The van der Waals surface area contributed by atoms with E-state index in [1.807, 2.05) is 42.0 Å². The van der Waals surface area contributed by atoms with E-state index in [4.69, 9.17) is 9.47 Å². The van der Waals surface area contributed by atoms with E-state index in [1.54, 1.807) is 43.6 Å². The van der Waals surface area contributed by atoms with Gasteiger partial charge in [-0.2, -0.15) is 0 Å². The summed E-state index contributed by atoms with van der Waals surface area (Å²) < 4.78 is 12.8. The maximum atomic E-state index is 12.3. The van der Waals surface area contributed by atoms with Gasteiger partial charge in [-0.05, 0) is 48.9 Å². The van der Waals surface area contributed by atoms with Gasteiger partial charge in [-0.1, -0.05) is 12.1 Å². The van der Waals surface area contributed by atoms with Crippen molar-refractivity contribution in [1.29, 1.82) is 0 Å². The Kier molecular flexibility index (Phi) is 5.89. The third kappa shape index (κ3) is 5.05. The molecule has 0 atom stereocenters. The fourth-order valence-electron chi connectivity index (χ4n) is 3.00. The van der Waals surface area contributed by atoms with Crippen molar-refractivity contribution < 1.29 is 14.3 Å². The van der Waals surface area contributed by atoms with E-state index in [1.165, 1.54) is 6.33 Å². The van der Waals surface area contributed by atoms with Crippen LogP contribution in [0.2, 0.25) is 0 Å². The molecule has 0 radical (unpaired) electrons. The lowest BCUT2D eigenvalue weighted by atomic mass is 10.1. The van der Waals surface area contributed by atoms with E-state index in [-0.39, 0.29) is 12.3 Å². The molecule has 0 saturated heterocycles. The zero-order valence-electron chi connectivity index (χ0n) is 17.1. The van der Waals surface area contributed by atoms with Gasteiger partial charge in [-0.15, -0.1) is 0 Å². The molecule has 2 heterocycles. The largest absolute Gasteiger partial charge is 0.497 e. The molecule has 2 aromatic heterocycles. The van der Waals surface area contributed by atoms with Crippen molar-refractivity contribution in [2.75, 3.05) is 12.4 Å². The third-order valence-electron chi connectivity index (χ3n) is 4.58. The summed E-state index contributed by atoms with van der Waals surface area (Å²) in [5.41, 5.74) is 1.59. The number of anilines is 1. The number of amides is 1. The van der Waals surface area contributed by atoms with Crippen molar-refractivity contribution in [1.82, 2.24) is 19.5 Å². The first-order chi connectivity index (χ1) is 15.1. The Bertz CT molecular complexity index is 1170. The van der Waals surface area contributed by atoms with Crippen molar-refractivity contribution >= 4 is 11.6 Å². The Hall–Kier alpha value is -4.20. The maximum Gasteiger partial charge on any atom is 0.228 e. The molecule has 0 aliphatic rings. The molecule has 2 aromatic carbocycles. The molecule has 156 valence electrons. The Labute approximate surface area is 179 Å². The summed E-state index contributed by atoms with van der Waals surface area (Å²) in [5.74, 6) is 3.15. The van der Waals surface area contributed by atoms with Gasteiger partial charge in [-0.25, -0.2) is 15.0 Å². The number of aryl methyl sites for hydroxylation is 1. The van der Waals surface area contributed by atoms with Gasteiger partial charge in [0.05, 0.1) is 13.5 Å². The van der Waals surface area contributed by atoms with Crippen LogP contribution in [-0.4, -0.2) is 32.5 Å². The molecule has 4 rings (SSSR count). The zero-order valence-corrected chi connectivity index (χ0v) is 17.1. The molecule has 0 aliphatic carbocycles. The van der Waals surface area contributed by atoms with Crippen LogP contribution in [0.25, 0.3) is 5.82 Å². The number of hydrogen-bond acceptors (Lipinski definition) is 6. The number of nitrogens with zero attached hydrogens (tertiary/aromatic N) is 4. The van der Waals surface area contributed by atoms with Crippen molar-refractivity contribution in [3.8, 4) is 23.2 Å². The zero-order chi connectivity index (χ0) is 21.6. The van der Waals surface area contributed by atoms with Gasteiger partial charge in [0.2, 0.25) is 11.8 Å². The molecule has 1 amide bonds. The van der Waals surface area contributed by atoms with Crippen molar-refractivity contribution in [3.05, 3.63) is 84.7 Å². The molecule has 1 N–H and O–H groups in total. The number of nitrogens with one attached hydrogen (secondary N) is 1. The smallest absolute Gasteiger partial charge is 0.228 e. The van der Waals surface area contributed by atoms with Crippen LogP contribution in [0.5, 0.6) is 17.4 Å². The molecule has 0 fully saturated rings.